The Kier molecular flexibility index (Phi) is 1.83. The van der Waals surface area contributed by atoms with Gasteiger partial charge in [-0.3, -0.25) is 0 Å². The molecule has 0 aromatic heterocycles. The predicted octanol–water partition coefficient (Wildman–Crippen LogP) is 1.57. The molecule has 1 rings (SSSR count). The zero-order chi connectivity index (χ0) is 7.72. The second-order valence-corrected chi connectivity index (χ2v) is 2.76. The molecule has 0 aromatic carbocycles. The highest BCUT2D eigenvalue weighted by molar-refractivity contribution is 5.61. The Bertz CT molecular complexity index is 130. The Morgan fingerprint density at radius 1 is 1.10 bits per heavy atom. The van der Waals surface area contributed by atoms with Crippen molar-refractivity contribution in [2.45, 2.75) is 33.0 Å². The quantitative estimate of drug-likeness (QED) is 0.484. The summed E-state index contributed by atoms with van der Waals surface area (Å²) in [4.78, 5) is 10.6. The van der Waals surface area contributed by atoms with E-state index in [2.05, 4.69) is 0 Å². The number of hydrogen-bond acceptors (Lipinski definition) is 3. The van der Waals surface area contributed by atoms with Crippen LogP contribution >= 0.6 is 0 Å². The molecule has 58 valence electrons. The summed E-state index contributed by atoms with van der Waals surface area (Å²) < 4.78 is 9.62. The summed E-state index contributed by atoms with van der Waals surface area (Å²) in [5.41, 5.74) is 0. The molecular formula is C7H12O3. The van der Waals surface area contributed by atoms with Crippen LogP contribution in [-0.4, -0.2) is 18.4 Å². The van der Waals surface area contributed by atoms with Crippen molar-refractivity contribution in [3.8, 4) is 0 Å². The standard InChI is InChI=1S/C7H12O3/c1-4-5(2)9-7(8)10-6(4)3/h4-6H,1-3H3. The molecule has 0 radical (unpaired) electrons. The fraction of sp³-hybridized carbons (Fsp3) is 0.857. The molecule has 1 aliphatic rings. The first-order chi connectivity index (χ1) is 4.61. The van der Waals surface area contributed by atoms with Gasteiger partial charge in [0.05, 0.1) is 0 Å². The van der Waals surface area contributed by atoms with Gasteiger partial charge in [-0.15, -0.1) is 0 Å². The first-order valence-corrected chi connectivity index (χ1v) is 3.48. The van der Waals surface area contributed by atoms with Gasteiger partial charge in [0.15, 0.2) is 0 Å². The van der Waals surface area contributed by atoms with Crippen LogP contribution in [0.4, 0.5) is 4.79 Å². The van der Waals surface area contributed by atoms with Gasteiger partial charge in [0.2, 0.25) is 0 Å². The van der Waals surface area contributed by atoms with Gasteiger partial charge >= 0.3 is 6.16 Å². The van der Waals surface area contributed by atoms with E-state index in [-0.39, 0.29) is 18.1 Å². The van der Waals surface area contributed by atoms with Crippen LogP contribution in [0, 0.1) is 5.92 Å². The van der Waals surface area contributed by atoms with Gasteiger partial charge in [-0.1, -0.05) is 6.92 Å². The van der Waals surface area contributed by atoms with Crippen LogP contribution in [0.3, 0.4) is 0 Å². The lowest BCUT2D eigenvalue weighted by molar-refractivity contribution is -0.0815. The van der Waals surface area contributed by atoms with Crippen molar-refractivity contribution in [3.63, 3.8) is 0 Å². The second-order valence-electron chi connectivity index (χ2n) is 2.76. The maximum atomic E-state index is 10.6. The van der Waals surface area contributed by atoms with Crippen LogP contribution in [0.25, 0.3) is 0 Å². The van der Waals surface area contributed by atoms with E-state index < -0.39 is 6.16 Å². The predicted molar refractivity (Wildman–Crippen MR) is 35.7 cm³/mol. The molecule has 0 saturated carbocycles. The Morgan fingerprint density at radius 3 is 1.90 bits per heavy atom. The van der Waals surface area contributed by atoms with Gasteiger partial charge in [-0.05, 0) is 13.8 Å². The Hall–Kier alpha value is -0.730. The molecule has 1 aliphatic heterocycles. The Morgan fingerprint density at radius 2 is 1.50 bits per heavy atom. The summed E-state index contributed by atoms with van der Waals surface area (Å²) in [6.45, 7) is 5.75. The molecule has 1 heterocycles. The van der Waals surface area contributed by atoms with E-state index >= 15 is 0 Å². The third kappa shape index (κ3) is 1.23. The number of hydrogen-bond donors (Lipinski definition) is 0. The van der Waals surface area contributed by atoms with Crippen LogP contribution in [0.1, 0.15) is 20.8 Å². The van der Waals surface area contributed by atoms with E-state index in [4.69, 9.17) is 9.47 Å². The summed E-state index contributed by atoms with van der Waals surface area (Å²) in [5.74, 6) is 0.290. The molecular weight excluding hydrogens is 132 g/mol. The first kappa shape index (κ1) is 7.38. The molecule has 0 spiro atoms. The molecule has 3 heteroatoms. The lowest BCUT2D eigenvalue weighted by Gasteiger charge is -2.30. The van der Waals surface area contributed by atoms with Crippen LogP contribution in [-0.2, 0) is 9.47 Å². The van der Waals surface area contributed by atoms with Crippen molar-refractivity contribution >= 4 is 6.16 Å². The highest BCUT2D eigenvalue weighted by Crippen LogP contribution is 2.20. The maximum Gasteiger partial charge on any atom is 0.508 e. The molecule has 1 fully saturated rings. The highest BCUT2D eigenvalue weighted by atomic mass is 16.7. The monoisotopic (exact) mass is 144 g/mol. The van der Waals surface area contributed by atoms with Crippen molar-refractivity contribution in [2.75, 3.05) is 0 Å². The average Bonchev–Trinajstić information content (AvgIpc) is 1.82. The summed E-state index contributed by atoms with van der Waals surface area (Å²) in [6.07, 6.45) is -0.578. The highest BCUT2D eigenvalue weighted by Gasteiger charge is 2.31. The fourth-order valence-corrected chi connectivity index (χ4v) is 0.928. The summed E-state index contributed by atoms with van der Waals surface area (Å²) in [5, 5.41) is 0. The van der Waals surface area contributed by atoms with E-state index in [1.165, 1.54) is 0 Å². The molecule has 2 atom stereocenters. The van der Waals surface area contributed by atoms with Gasteiger partial charge in [-0.2, -0.15) is 0 Å². The van der Waals surface area contributed by atoms with Crippen LogP contribution < -0.4 is 0 Å². The molecule has 0 N–H and O–H groups in total. The van der Waals surface area contributed by atoms with Crippen molar-refractivity contribution < 1.29 is 14.3 Å². The molecule has 10 heavy (non-hydrogen) atoms. The smallest absolute Gasteiger partial charge is 0.431 e. The Balaban J connectivity index is 2.57. The largest absolute Gasteiger partial charge is 0.508 e. The van der Waals surface area contributed by atoms with Gasteiger partial charge in [0, 0.05) is 5.92 Å². The maximum absolute atomic E-state index is 10.6. The number of carbonyl (C=O) groups excluding carboxylic acids is 1. The van der Waals surface area contributed by atoms with Gasteiger partial charge in [-0.25, -0.2) is 4.79 Å². The van der Waals surface area contributed by atoms with Gasteiger partial charge in [0.1, 0.15) is 12.2 Å². The lowest BCUT2D eigenvalue weighted by Crippen LogP contribution is -2.38. The minimum Gasteiger partial charge on any atom is -0.431 e. The van der Waals surface area contributed by atoms with Crippen LogP contribution in [0.15, 0.2) is 0 Å². The van der Waals surface area contributed by atoms with E-state index in [1.807, 2.05) is 20.8 Å². The zero-order valence-electron chi connectivity index (χ0n) is 6.46. The van der Waals surface area contributed by atoms with E-state index in [1.54, 1.807) is 0 Å². The number of carbonyl (C=O) groups is 1. The minimum absolute atomic E-state index is 0.0174. The third-order valence-corrected chi connectivity index (χ3v) is 2.05. The number of cyclic esters (lactones) is 2. The van der Waals surface area contributed by atoms with Crippen molar-refractivity contribution in [1.82, 2.24) is 0 Å². The van der Waals surface area contributed by atoms with Gasteiger partial charge < -0.3 is 9.47 Å². The van der Waals surface area contributed by atoms with E-state index in [0.717, 1.165) is 0 Å². The van der Waals surface area contributed by atoms with Gasteiger partial charge in [0.25, 0.3) is 0 Å². The molecule has 0 aliphatic carbocycles. The molecule has 0 aromatic rings. The first-order valence-electron chi connectivity index (χ1n) is 3.48. The summed E-state index contributed by atoms with van der Waals surface area (Å²) in [6, 6.07) is 0. The zero-order valence-corrected chi connectivity index (χ0v) is 6.46. The Labute approximate surface area is 60.3 Å². The summed E-state index contributed by atoms with van der Waals surface area (Å²) in [7, 11) is 0. The van der Waals surface area contributed by atoms with Crippen molar-refractivity contribution in [1.29, 1.82) is 0 Å². The molecule has 0 bridgehead atoms. The van der Waals surface area contributed by atoms with E-state index in [9.17, 15) is 4.79 Å². The topological polar surface area (TPSA) is 35.5 Å². The van der Waals surface area contributed by atoms with Crippen LogP contribution in [0.5, 0.6) is 0 Å². The summed E-state index contributed by atoms with van der Waals surface area (Å²) >= 11 is 0. The fourth-order valence-electron chi connectivity index (χ4n) is 0.928. The SMILES string of the molecule is CC1OC(=O)OC(C)C1C. The molecule has 0 amide bonds. The molecule has 3 nitrogen and oxygen atoms in total. The molecule has 2 unspecified atom stereocenters. The van der Waals surface area contributed by atoms with Crippen molar-refractivity contribution in [3.05, 3.63) is 0 Å². The normalized spacial score (nSPS) is 40.3. The van der Waals surface area contributed by atoms with Crippen LogP contribution in [0.2, 0.25) is 0 Å². The second kappa shape index (κ2) is 2.48. The average molecular weight is 144 g/mol. The number of ether oxygens (including phenoxy) is 2. The minimum atomic E-state index is -0.543. The number of rotatable bonds is 0. The molecule has 1 saturated heterocycles. The van der Waals surface area contributed by atoms with Crippen molar-refractivity contribution in [2.24, 2.45) is 5.92 Å². The van der Waals surface area contributed by atoms with E-state index in [0.29, 0.717) is 0 Å². The third-order valence-electron chi connectivity index (χ3n) is 2.05. The lowest BCUT2D eigenvalue weighted by atomic mass is 10.00.